The molecule has 1 aliphatic rings. The van der Waals surface area contributed by atoms with Crippen molar-refractivity contribution in [1.29, 1.82) is 0 Å². The normalized spacial score (nSPS) is 14.2. The summed E-state index contributed by atoms with van der Waals surface area (Å²) in [4.78, 5) is 6.36. The third kappa shape index (κ3) is 2.70. The first-order chi connectivity index (χ1) is 9.66. The Morgan fingerprint density at radius 1 is 1.40 bits per heavy atom. The van der Waals surface area contributed by atoms with Crippen molar-refractivity contribution in [3.8, 4) is 0 Å². The van der Waals surface area contributed by atoms with Crippen LogP contribution in [0.1, 0.15) is 6.42 Å². The van der Waals surface area contributed by atoms with Gasteiger partial charge in [-0.2, -0.15) is 0 Å². The number of aromatic nitrogens is 1. The maximum absolute atomic E-state index is 14.4. The number of nitrogens with one attached hydrogen (secondary N) is 1. The number of nitrogens with zero attached hydrogens (tertiary/aromatic N) is 2. The molecule has 2 heterocycles. The van der Waals surface area contributed by atoms with E-state index in [9.17, 15) is 4.39 Å². The van der Waals surface area contributed by atoms with Gasteiger partial charge in [-0.05, 0) is 24.4 Å². The van der Waals surface area contributed by atoms with Gasteiger partial charge >= 0.3 is 0 Å². The molecule has 1 fully saturated rings. The molecule has 1 aliphatic heterocycles. The Balaban J connectivity index is 1.85. The fourth-order valence-electron chi connectivity index (χ4n) is 1.82. The van der Waals surface area contributed by atoms with Crippen LogP contribution >= 0.6 is 46.5 Å². The first-order valence-electron chi connectivity index (χ1n) is 5.91. The summed E-state index contributed by atoms with van der Waals surface area (Å²) >= 11 is 14.8. The van der Waals surface area contributed by atoms with Crippen molar-refractivity contribution in [2.45, 2.75) is 11.3 Å². The molecule has 3 nitrogen and oxygen atoms in total. The molecular formula is C12H10Cl2FN3S2. The van der Waals surface area contributed by atoms with Crippen molar-refractivity contribution in [1.82, 2.24) is 4.98 Å². The first-order valence-corrected chi connectivity index (χ1v) is 8.37. The number of anilines is 2. The molecule has 0 radical (unpaired) electrons. The van der Waals surface area contributed by atoms with E-state index in [1.54, 1.807) is 12.3 Å². The predicted octanol–water partition coefficient (Wildman–Crippen LogP) is 4.92. The Morgan fingerprint density at radius 2 is 2.20 bits per heavy atom. The van der Waals surface area contributed by atoms with E-state index in [0.29, 0.717) is 15.8 Å². The molecule has 0 unspecified atom stereocenters. The molecule has 0 saturated carbocycles. The van der Waals surface area contributed by atoms with Gasteiger partial charge in [0, 0.05) is 24.7 Å². The minimum absolute atomic E-state index is 0.123. The topological polar surface area (TPSA) is 28.2 Å². The van der Waals surface area contributed by atoms with E-state index in [1.807, 2.05) is 10.3 Å². The second-order valence-electron chi connectivity index (χ2n) is 4.22. The van der Waals surface area contributed by atoms with E-state index in [2.05, 4.69) is 9.71 Å². The van der Waals surface area contributed by atoms with E-state index in [1.165, 1.54) is 11.3 Å². The molecule has 20 heavy (non-hydrogen) atoms. The molecule has 1 N–H and O–H groups in total. The van der Waals surface area contributed by atoms with Gasteiger partial charge in [0.1, 0.15) is 5.02 Å². The van der Waals surface area contributed by atoms with Crippen molar-refractivity contribution in [3.63, 3.8) is 0 Å². The van der Waals surface area contributed by atoms with Crippen LogP contribution in [0.3, 0.4) is 0 Å². The molecule has 0 amide bonds. The van der Waals surface area contributed by atoms with E-state index in [4.69, 9.17) is 23.2 Å². The molecule has 3 rings (SSSR count). The van der Waals surface area contributed by atoms with Crippen LogP contribution in [0, 0.1) is 5.82 Å². The molecule has 0 atom stereocenters. The number of halogens is 3. The Kier molecular flexibility index (Phi) is 4.26. The van der Waals surface area contributed by atoms with Gasteiger partial charge in [0.25, 0.3) is 0 Å². The zero-order valence-electron chi connectivity index (χ0n) is 10.2. The molecule has 106 valence electrons. The lowest BCUT2D eigenvalue weighted by atomic mass is 10.2. The maximum Gasteiger partial charge on any atom is 0.192 e. The van der Waals surface area contributed by atoms with E-state index in [0.717, 1.165) is 31.5 Å². The Hall–Kier alpha value is -0.690. The molecule has 1 aromatic heterocycles. The van der Waals surface area contributed by atoms with Crippen molar-refractivity contribution < 1.29 is 4.39 Å². The van der Waals surface area contributed by atoms with Gasteiger partial charge in [-0.25, -0.2) is 9.37 Å². The average Bonchev–Trinajstić information content (AvgIpc) is 2.86. The predicted molar refractivity (Wildman–Crippen MR) is 84.8 cm³/mol. The summed E-state index contributed by atoms with van der Waals surface area (Å²) in [6.45, 7) is 1.78. The lowest BCUT2D eigenvalue weighted by Crippen LogP contribution is -2.37. The van der Waals surface area contributed by atoms with Gasteiger partial charge < -0.3 is 9.62 Å². The van der Waals surface area contributed by atoms with Crippen LogP contribution in [0.15, 0.2) is 22.5 Å². The van der Waals surface area contributed by atoms with Gasteiger partial charge in [0.15, 0.2) is 10.9 Å². The second kappa shape index (κ2) is 5.97. The average molecular weight is 350 g/mol. The largest absolute Gasteiger partial charge is 0.370 e. The zero-order chi connectivity index (χ0) is 14.1. The quantitative estimate of drug-likeness (QED) is 0.626. The molecule has 0 spiro atoms. The number of benzene rings is 1. The van der Waals surface area contributed by atoms with E-state index in [-0.39, 0.29) is 9.92 Å². The number of hydrogen-bond donors (Lipinski definition) is 1. The number of hydrogen-bond acceptors (Lipinski definition) is 5. The lowest BCUT2D eigenvalue weighted by Gasteiger charge is -2.34. The van der Waals surface area contributed by atoms with Crippen molar-refractivity contribution in [2.24, 2.45) is 0 Å². The minimum Gasteiger partial charge on any atom is -0.370 e. The second-order valence-corrected chi connectivity index (χ2v) is 6.71. The van der Waals surface area contributed by atoms with Crippen LogP contribution in [0.2, 0.25) is 10.0 Å². The van der Waals surface area contributed by atoms with Crippen molar-refractivity contribution >= 4 is 57.3 Å². The third-order valence-corrected chi connectivity index (χ3v) is 5.45. The van der Waals surface area contributed by atoms with Gasteiger partial charge in [0.05, 0.1) is 15.6 Å². The Morgan fingerprint density at radius 3 is 2.80 bits per heavy atom. The summed E-state index contributed by atoms with van der Waals surface area (Å²) in [5.41, 5.74) is 0.666. The maximum atomic E-state index is 14.4. The Labute approximate surface area is 134 Å². The highest BCUT2D eigenvalue weighted by molar-refractivity contribution is 8.00. The first kappa shape index (κ1) is 14.3. The molecule has 0 aliphatic carbocycles. The van der Waals surface area contributed by atoms with E-state index >= 15 is 0 Å². The summed E-state index contributed by atoms with van der Waals surface area (Å²) in [5.74, 6) is -0.491. The molecule has 1 saturated heterocycles. The fraction of sp³-hybridized carbons (Fsp3) is 0.250. The molecule has 2 aromatic rings. The Bertz CT molecular complexity index is 618. The molecule has 0 bridgehead atoms. The monoisotopic (exact) mass is 349 g/mol. The third-order valence-electron chi connectivity index (χ3n) is 2.97. The number of thiazole rings is 1. The standard InChI is InChI=1S/C12H10Cl2FN3S2/c13-7-6-8(18-3-1-4-18)9(14)10(15)11(7)20-17-12-16-2-5-19-12/h2,5-6H,1,3-4H2,(H,16,17). The van der Waals surface area contributed by atoms with Crippen LogP contribution in [-0.4, -0.2) is 18.1 Å². The van der Waals surface area contributed by atoms with Gasteiger partial charge in [0.2, 0.25) is 0 Å². The summed E-state index contributed by atoms with van der Waals surface area (Å²) in [6.07, 6.45) is 2.77. The number of rotatable bonds is 4. The summed E-state index contributed by atoms with van der Waals surface area (Å²) in [5, 5.41) is 3.00. The summed E-state index contributed by atoms with van der Waals surface area (Å²) in [6, 6.07) is 1.72. The van der Waals surface area contributed by atoms with Crippen LogP contribution in [0.25, 0.3) is 0 Å². The summed E-state index contributed by atoms with van der Waals surface area (Å²) in [7, 11) is 0. The molecular weight excluding hydrogens is 340 g/mol. The lowest BCUT2D eigenvalue weighted by molar-refractivity contribution is 0.589. The summed E-state index contributed by atoms with van der Waals surface area (Å²) < 4.78 is 17.3. The van der Waals surface area contributed by atoms with Crippen molar-refractivity contribution in [3.05, 3.63) is 33.5 Å². The molecule has 1 aromatic carbocycles. The fourth-order valence-corrected chi connectivity index (χ4v) is 3.72. The smallest absolute Gasteiger partial charge is 0.192 e. The highest BCUT2D eigenvalue weighted by Gasteiger charge is 2.23. The van der Waals surface area contributed by atoms with Crippen LogP contribution in [-0.2, 0) is 0 Å². The highest BCUT2D eigenvalue weighted by atomic mass is 35.5. The van der Waals surface area contributed by atoms with Crippen LogP contribution in [0.4, 0.5) is 15.2 Å². The zero-order valence-corrected chi connectivity index (χ0v) is 13.3. The minimum atomic E-state index is -0.491. The van der Waals surface area contributed by atoms with Gasteiger partial charge in [-0.3, -0.25) is 0 Å². The van der Waals surface area contributed by atoms with Gasteiger partial charge in [-0.15, -0.1) is 11.3 Å². The van der Waals surface area contributed by atoms with Crippen molar-refractivity contribution in [2.75, 3.05) is 22.7 Å². The highest BCUT2D eigenvalue weighted by Crippen LogP contribution is 2.41. The van der Waals surface area contributed by atoms with E-state index < -0.39 is 5.82 Å². The SMILES string of the molecule is Fc1c(Cl)c(N2CCC2)cc(Cl)c1SNc1nccs1. The molecule has 8 heteroatoms. The van der Waals surface area contributed by atoms with Gasteiger partial charge in [-0.1, -0.05) is 23.2 Å². The van der Waals surface area contributed by atoms with Crippen LogP contribution in [0.5, 0.6) is 0 Å². The van der Waals surface area contributed by atoms with Crippen LogP contribution < -0.4 is 9.62 Å².